The SMILES string of the molecule is CC(=O)NCCNS(=O)(=O)c1cccc(C(C)N)c1. The van der Waals surface area contributed by atoms with Gasteiger partial charge in [0, 0.05) is 26.1 Å². The highest BCUT2D eigenvalue weighted by atomic mass is 32.2. The summed E-state index contributed by atoms with van der Waals surface area (Å²) in [7, 11) is -3.57. The van der Waals surface area contributed by atoms with Gasteiger partial charge in [0.2, 0.25) is 15.9 Å². The van der Waals surface area contributed by atoms with E-state index in [2.05, 4.69) is 10.0 Å². The Labute approximate surface area is 113 Å². The molecule has 4 N–H and O–H groups in total. The second kappa shape index (κ2) is 6.65. The summed E-state index contributed by atoms with van der Waals surface area (Å²) in [5.41, 5.74) is 6.47. The fraction of sp³-hybridized carbons (Fsp3) is 0.417. The molecule has 6 nitrogen and oxygen atoms in total. The molecular weight excluding hydrogens is 266 g/mol. The zero-order chi connectivity index (χ0) is 14.5. The number of nitrogens with two attached hydrogens (primary N) is 1. The molecule has 0 aliphatic heterocycles. The Hall–Kier alpha value is -1.44. The maximum Gasteiger partial charge on any atom is 0.240 e. The number of carbonyl (C=O) groups excluding carboxylic acids is 1. The standard InChI is InChI=1S/C12H19N3O3S/c1-9(13)11-4-3-5-12(8-11)19(17,18)15-7-6-14-10(2)16/h3-5,8-9,15H,6-7,13H2,1-2H3,(H,14,16). The van der Waals surface area contributed by atoms with Gasteiger partial charge in [-0.1, -0.05) is 12.1 Å². The maximum absolute atomic E-state index is 12.0. The van der Waals surface area contributed by atoms with E-state index in [4.69, 9.17) is 5.73 Å². The highest BCUT2D eigenvalue weighted by molar-refractivity contribution is 7.89. The minimum atomic E-state index is -3.57. The van der Waals surface area contributed by atoms with Gasteiger partial charge in [-0.2, -0.15) is 0 Å². The van der Waals surface area contributed by atoms with Crippen LogP contribution in [0.4, 0.5) is 0 Å². The normalized spacial score (nSPS) is 13.0. The zero-order valence-corrected chi connectivity index (χ0v) is 11.8. The number of nitrogens with one attached hydrogen (secondary N) is 2. The average Bonchev–Trinajstić information content (AvgIpc) is 2.34. The predicted octanol–water partition coefficient (Wildman–Crippen LogP) is 0.121. The van der Waals surface area contributed by atoms with Crippen molar-refractivity contribution in [3.63, 3.8) is 0 Å². The van der Waals surface area contributed by atoms with E-state index in [1.54, 1.807) is 25.1 Å². The molecule has 0 heterocycles. The van der Waals surface area contributed by atoms with Crippen LogP contribution in [0.3, 0.4) is 0 Å². The van der Waals surface area contributed by atoms with E-state index in [1.807, 2.05) is 0 Å². The van der Waals surface area contributed by atoms with Crippen molar-refractivity contribution in [3.05, 3.63) is 29.8 Å². The first-order valence-corrected chi connectivity index (χ1v) is 7.41. The van der Waals surface area contributed by atoms with Gasteiger partial charge in [-0.25, -0.2) is 13.1 Å². The Kier molecular flexibility index (Phi) is 5.46. The van der Waals surface area contributed by atoms with Gasteiger partial charge >= 0.3 is 0 Å². The number of carbonyl (C=O) groups is 1. The third-order valence-electron chi connectivity index (χ3n) is 2.49. The zero-order valence-electron chi connectivity index (χ0n) is 11.0. The molecule has 0 bridgehead atoms. The van der Waals surface area contributed by atoms with Crippen molar-refractivity contribution in [1.82, 2.24) is 10.0 Å². The lowest BCUT2D eigenvalue weighted by Gasteiger charge is -2.10. The molecular formula is C12H19N3O3S. The topological polar surface area (TPSA) is 101 Å². The van der Waals surface area contributed by atoms with Gasteiger partial charge < -0.3 is 11.1 Å². The first-order chi connectivity index (χ1) is 8.83. The molecule has 0 aliphatic rings. The molecule has 0 aromatic heterocycles. The summed E-state index contributed by atoms with van der Waals surface area (Å²) in [6.45, 7) is 3.56. The van der Waals surface area contributed by atoms with Crippen molar-refractivity contribution in [3.8, 4) is 0 Å². The molecule has 1 aromatic carbocycles. The van der Waals surface area contributed by atoms with E-state index in [-0.39, 0.29) is 29.9 Å². The van der Waals surface area contributed by atoms with Gasteiger partial charge in [-0.15, -0.1) is 0 Å². The van der Waals surface area contributed by atoms with Gasteiger partial charge in [0.05, 0.1) is 4.90 Å². The summed E-state index contributed by atoms with van der Waals surface area (Å²) < 4.78 is 26.4. The van der Waals surface area contributed by atoms with E-state index in [0.717, 1.165) is 5.56 Å². The minimum absolute atomic E-state index is 0.143. The summed E-state index contributed by atoms with van der Waals surface area (Å²) in [6.07, 6.45) is 0. The highest BCUT2D eigenvalue weighted by Crippen LogP contribution is 2.15. The Morgan fingerprint density at radius 2 is 2.05 bits per heavy atom. The van der Waals surface area contributed by atoms with Crippen LogP contribution in [0.5, 0.6) is 0 Å². The fourth-order valence-corrected chi connectivity index (χ4v) is 2.56. The van der Waals surface area contributed by atoms with Crippen LogP contribution in [-0.2, 0) is 14.8 Å². The van der Waals surface area contributed by atoms with Crippen molar-refractivity contribution in [2.24, 2.45) is 5.73 Å². The first kappa shape index (κ1) is 15.6. The van der Waals surface area contributed by atoms with E-state index in [1.165, 1.54) is 13.0 Å². The van der Waals surface area contributed by atoms with E-state index in [0.29, 0.717) is 0 Å². The molecule has 1 atom stereocenters. The highest BCUT2D eigenvalue weighted by Gasteiger charge is 2.14. The van der Waals surface area contributed by atoms with Crippen LogP contribution in [-0.4, -0.2) is 27.4 Å². The van der Waals surface area contributed by atoms with Crippen molar-refractivity contribution < 1.29 is 13.2 Å². The number of rotatable bonds is 6. The van der Waals surface area contributed by atoms with Crippen LogP contribution in [0.15, 0.2) is 29.2 Å². The number of benzene rings is 1. The summed E-state index contributed by atoms with van der Waals surface area (Å²) in [5.74, 6) is -0.196. The quantitative estimate of drug-likeness (QED) is 0.646. The van der Waals surface area contributed by atoms with Crippen LogP contribution in [0.25, 0.3) is 0 Å². The number of amides is 1. The second-order valence-corrected chi connectivity index (χ2v) is 6.01. The lowest BCUT2D eigenvalue weighted by molar-refractivity contribution is -0.118. The average molecular weight is 285 g/mol. The van der Waals surface area contributed by atoms with Crippen molar-refractivity contribution in [2.75, 3.05) is 13.1 Å². The lowest BCUT2D eigenvalue weighted by Crippen LogP contribution is -2.33. The molecule has 1 unspecified atom stereocenters. The van der Waals surface area contributed by atoms with Crippen molar-refractivity contribution in [2.45, 2.75) is 24.8 Å². The molecule has 0 spiro atoms. The van der Waals surface area contributed by atoms with Gasteiger partial charge in [-0.3, -0.25) is 4.79 Å². The Balaban J connectivity index is 2.72. The summed E-state index contributed by atoms with van der Waals surface area (Å²) in [4.78, 5) is 10.8. The second-order valence-electron chi connectivity index (χ2n) is 4.24. The molecule has 0 saturated heterocycles. The van der Waals surface area contributed by atoms with Crippen molar-refractivity contribution >= 4 is 15.9 Å². The fourth-order valence-electron chi connectivity index (χ4n) is 1.47. The Morgan fingerprint density at radius 3 is 2.63 bits per heavy atom. The number of sulfonamides is 1. The molecule has 1 aromatic rings. The molecule has 0 aliphatic carbocycles. The Bertz CT molecular complexity index is 541. The third-order valence-corrected chi connectivity index (χ3v) is 3.94. The molecule has 0 saturated carbocycles. The smallest absolute Gasteiger partial charge is 0.240 e. The van der Waals surface area contributed by atoms with E-state index >= 15 is 0 Å². The van der Waals surface area contributed by atoms with Crippen LogP contribution in [0.1, 0.15) is 25.5 Å². The van der Waals surface area contributed by atoms with Crippen LogP contribution in [0.2, 0.25) is 0 Å². The van der Waals surface area contributed by atoms with E-state index < -0.39 is 10.0 Å². The maximum atomic E-state index is 12.0. The monoisotopic (exact) mass is 285 g/mol. The van der Waals surface area contributed by atoms with Crippen molar-refractivity contribution in [1.29, 1.82) is 0 Å². The largest absolute Gasteiger partial charge is 0.355 e. The summed E-state index contributed by atoms with van der Waals surface area (Å²) in [5, 5.41) is 2.51. The molecule has 1 rings (SSSR count). The molecule has 0 fully saturated rings. The minimum Gasteiger partial charge on any atom is -0.355 e. The number of hydrogen-bond donors (Lipinski definition) is 3. The predicted molar refractivity (Wildman–Crippen MR) is 72.9 cm³/mol. The summed E-state index contributed by atoms with van der Waals surface area (Å²) >= 11 is 0. The number of hydrogen-bond acceptors (Lipinski definition) is 4. The van der Waals surface area contributed by atoms with Crippen LogP contribution in [0, 0.1) is 0 Å². The Morgan fingerprint density at radius 1 is 1.37 bits per heavy atom. The van der Waals surface area contributed by atoms with Crippen LogP contribution < -0.4 is 15.8 Å². The van der Waals surface area contributed by atoms with Gasteiger partial charge in [0.1, 0.15) is 0 Å². The van der Waals surface area contributed by atoms with Crippen LogP contribution >= 0.6 is 0 Å². The van der Waals surface area contributed by atoms with Gasteiger partial charge in [0.15, 0.2) is 0 Å². The lowest BCUT2D eigenvalue weighted by atomic mass is 10.1. The van der Waals surface area contributed by atoms with Gasteiger partial charge in [0.25, 0.3) is 0 Å². The molecule has 7 heteroatoms. The molecule has 1 amide bonds. The summed E-state index contributed by atoms with van der Waals surface area (Å²) in [6, 6.07) is 6.26. The molecule has 0 radical (unpaired) electrons. The van der Waals surface area contributed by atoms with Gasteiger partial charge in [-0.05, 0) is 24.6 Å². The molecule has 106 valence electrons. The third kappa shape index (κ3) is 4.98. The van der Waals surface area contributed by atoms with E-state index in [9.17, 15) is 13.2 Å². The first-order valence-electron chi connectivity index (χ1n) is 5.92. The molecule has 19 heavy (non-hydrogen) atoms.